The number of hydrogen-bond donors (Lipinski definition) is 1. The number of aromatic nitrogens is 1. The predicted molar refractivity (Wildman–Crippen MR) is 79.1 cm³/mol. The van der Waals surface area contributed by atoms with E-state index in [2.05, 4.69) is 9.71 Å². The third-order valence-corrected chi connectivity index (χ3v) is 4.43. The maximum Gasteiger partial charge on any atom is 0.293 e. The maximum atomic E-state index is 12.5. The van der Waals surface area contributed by atoms with Gasteiger partial charge >= 0.3 is 0 Å². The molecule has 10 heteroatoms. The predicted octanol–water partition coefficient (Wildman–Crippen LogP) is 1.56. The van der Waals surface area contributed by atoms with Crippen LogP contribution in [0, 0.1) is 10.1 Å². The molecule has 1 aliphatic rings. The van der Waals surface area contributed by atoms with Gasteiger partial charge in [0.25, 0.3) is 15.7 Å². The molecule has 1 aromatic carbocycles. The van der Waals surface area contributed by atoms with Crippen molar-refractivity contribution < 1.29 is 22.8 Å². The lowest BCUT2D eigenvalue weighted by Gasteiger charge is -2.19. The fourth-order valence-corrected chi connectivity index (χ4v) is 3.26. The zero-order valence-electron chi connectivity index (χ0n) is 11.6. The lowest BCUT2D eigenvalue weighted by atomic mass is 10.2. The summed E-state index contributed by atoms with van der Waals surface area (Å²) < 4.78 is 37.7. The van der Waals surface area contributed by atoms with Crippen LogP contribution in [0.1, 0.15) is 0 Å². The summed E-state index contributed by atoms with van der Waals surface area (Å²) in [6.45, 7) is 0.477. The fourth-order valence-electron chi connectivity index (χ4n) is 2.05. The van der Waals surface area contributed by atoms with E-state index in [0.717, 1.165) is 12.1 Å². The summed E-state index contributed by atoms with van der Waals surface area (Å²) in [6.07, 6.45) is 2.77. The number of hydrogen-bond acceptors (Lipinski definition) is 7. The summed E-state index contributed by atoms with van der Waals surface area (Å²) in [6, 6.07) is 5.15. The smallest absolute Gasteiger partial charge is 0.293 e. The second kappa shape index (κ2) is 5.72. The van der Waals surface area contributed by atoms with E-state index in [4.69, 9.17) is 9.47 Å². The molecule has 0 saturated heterocycles. The first kappa shape index (κ1) is 15.0. The third-order valence-electron chi connectivity index (χ3n) is 3.02. The third kappa shape index (κ3) is 3.01. The second-order valence-electron chi connectivity index (χ2n) is 4.57. The first-order chi connectivity index (χ1) is 11.0. The van der Waals surface area contributed by atoms with Gasteiger partial charge in [0, 0.05) is 12.3 Å². The van der Waals surface area contributed by atoms with Crippen molar-refractivity contribution >= 4 is 21.4 Å². The van der Waals surface area contributed by atoms with Crippen molar-refractivity contribution in [2.75, 3.05) is 17.9 Å². The van der Waals surface area contributed by atoms with Gasteiger partial charge in [-0.3, -0.25) is 19.8 Å². The van der Waals surface area contributed by atoms with Crippen LogP contribution in [0.25, 0.3) is 0 Å². The van der Waals surface area contributed by atoms with Gasteiger partial charge in [-0.2, -0.15) is 0 Å². The zero-order valence-corrected chi connectivity index (χ0v) is 12.4. The lowest BCUT2D eigenvalue weighted by Crippen LogP contribution is -2.18. The summed E-state index contributed by atoms with van der Waals surface area (Å²) in [5.41, 5.74) is -0.401. The summed E-state index contributed by atoms with van der Waals surface area (Å²) in [4.78, 5) is 13.7. The molecule has 0 fully saturated rings. The number of pyridine rings is 1. The van der Waals surface area contributed by atoms with Gasteiger partial charge in [0.15, 0.2) is 16.4 Å². The van der Waals surface area contributed by atoms with E-state index in [0.29, 0.717) is 0 Å². The van der Waals surface area contributed by atoms with Gasteiger partial charge in [-0.05, 0) is 12.1 Å². The van der Waals surface area contributed by atoms with E-state index in [1.807, 2.05) is 0 Å². The highest BCUT2D eigenvalue weighted by atomic mass is 32.2. The number of anilines is 1. The zero-order chi connectivity index (χ0) is 16.4. The minimum atomic E-state index is -4.19. The molecule has 1 aromatic heterocycles. The number of nitrogens with zero attached hydrogens (tertiary/aromatic N) is 2. The minimum Gasteiger partial charge on any atom is -0.486 e. The second-order valence-corrected chi connectivity index (χ2v) is 6.22. The van der Waals surface area contributed by atoms with Crippen molar-refractivity contribution in [3.8, 4) is 11.5 Å². The van der Waals surface area contributed by atoms with Crippen molar-refractivity contribution in [3.63, 3.8) is 0 Å². The van der Waals surface area contributed by atoms with Crippen molar-refractivity contribution in [3.05, 3.63) is 46.8 Å². The van der Waals surface area contributed by atoms with Crippen molar-refractivity contribution in [1.82, 2.24) is 4.98 Å². The van der Waals surface area contributed by atoms with Crippen LogP contribution in [0.2, 0.25) is 0 Å². The fraction of sp³-hybridized carbons (Fsp3) is 0.154. The Kier molecular flexibility index (Phi) is 3.74. The topological polar surface area (TPSA) is 121 Å². The van der Waals surface area contributed by atoms with Gasteiger partial charge in [0.1, 0.15) is 13.2 Å². The van der Waals surface area contributed by atoms with E-state index in [1.165, 1.54) is 24.5 Å². The number of benzene rings is 1. The molecule has 0 radical (unpaired) electrons. The standard InChI is InChI=1S/C13H11N3O6S/c17-16(18)10-6-11-12(22-5-4-21-11)7-13(10)23(19,20)15-9-2-1-3-14-8-9/h1-3,6-8,15H,4-5H2. The number of nitro groups is 1. The molecule has 0 saturated carbocycles. The van der Waals surface area contributed by atoms with Crippen molar-refractivity contribution in [2.45, 2.75) is 4.90 Å². The molecule has 0 bridgehead atoms. The molecule has 0 spiro atoms. The van der Waals surface area contributed by atoms with Crippen LogP contribution in [0.3, 0.4) is 0 Å². The molecule has 3 rings (SSSR count). The number of ether oxygens (including phenoxy) is 2. The largest absolute Gasteiger partial charge is 0.486 e. The van der Waals surface area contributed by atoms with Crippen molar-refractivity contribution in [1.29, 1.82) is 0 Å². The Morgan fingerprint density at radius 3 is 2.52 bits per heavy atom. The van der Waals surface area contributed by atoms with Crippen LogP contribution in [-0.2, 0) is 10.0 Å². The van der Waals surface area contributed by atoms with Crippen LogP contribution in [-0.4, -0.2) is 31.5 Å². The number of sulfonamides is 1. The Bertz CT molecular complexity index is 854. The van der Waals surface area contributed by atoms with Crippen LogP contribution >= 0.6 is 0 Å². The highest BCUT2D eigenvalue weighted by molar-refractivity contribution is 7.92. The highest BCUT2D eigenvalue weighted by Crippen LogP contribution is 2.39. The van der Waals surface area contributed by atoms with E-state index in [1.54, 1.807) is 0 Å². The van der Waals surface area contributed by atoms with Crippen LogP contribution in [0.4, 0.5) is 11.4 Å². The van der Waals surface area contributed by atoms with Crippen LogP contribution in [0.5, 0.6) is 11.5 Å². The molecule has 2 heterocycles. The van der Waals surface area contributed by atoms with Crippen LogP contribution in [0.15, 0.2) is 41.6 Å². The summed E-state index contributed by atoms with van der Waals surface area (Å²) in [5.74, 6) is 0.289. The summed E-state index contributed by atoms with van der Waals surface area (Å²) in [5, 5.41) is 11.2. The molecule has 2 aromatic rings. The number of rotatable bonds is 4. The van der Waals surface area contributed by atoms with E-state index < -0.39 is 25.5 Å². The quantitative estimate of drug-likeness (QED) is 0.664. The van der Waals surface area contributed by atoms with Gasteiger partial charge < -0.3 is 9.47 Å². The molecule has 0 amide bonds. The van der Waals surface area contributed by atoms with Crippen LogP contribution < -0.4 is 14.2 Å². The molecule has 0 aliphatic carbocycles. The highest BCUT2D eigenvalue weighted by Gasteiger charge is 2.30. The van der Waals surface area contributed by atoms with Gasteiger partial charge in [0.2, 0.25) is 0 Å². The number of fused-ring (bicyclic) bond motifs is 1. The molecule has 23 heavy (non-hydrogen) atoms. The SMILES string of the molecule is O=[N+]([O-])c1cc2c(cc1S(=O)(=O)Nc1cccnc1)OCCO2. The van der Waals surface area contributed by atoms with Crippen molar-refractivity contribution in [2.24, 2.45) is 0 Å². The summed E-state index contributed by atoms with van der Waals surface area (Å²) >= 11 is 0. The molecular formula is C13H11N3O6S. The van der Waals surface area contributed by atoms with Gasteiger partial charge in [-0.15, -0.1) is 0 Å². The first-order valence-corrected chi connectivity index (χ1v) is 7.96. The molecular weight excluding hydrogens is 326 g/mol. The molecule has 0 atom stereocenters. The minimum absolute atomic E-state index is 0.142. The first-order valence-electron chi connectivity index (χ1n) is 6.48. The lowest BCUT2D eigenvalue weighted by molar-refractivity contribution is -0.387. The monoisotopic (exact) mass is 337 g/mol. The number of nitrogens with one attached hydrogen (secondary N) is 1. The Hall–Kier alpha value is -2.88. The normalized spacial score (nSPS) is 13.4. The molecule has 1 N–H and O–H groups in total. The average Bonchev–Trinajstić information content (AvgIpc) is 2.54. The Balaban J connectivity index is 2.08. The Morgan fingerprint density at radius 2 is 1.91 bits per heavy atom. The van der Waals surface area contributed by atoms with E-state index in [9.17, 15) is 18.5 Å². The Labute approximate surface area is 131 Å². The van der Waals surface area contributed by atoms with Gasteiger partial charge in [-0.1, -0.05) is 0 Å². The summed E-state index contributed by atoms with van der Waals surface area (Å²) in [7, 11) is -4.19. The average molecular weight is 337 g/mol. The molecule has 1 aliphatic heterocycles. The molecule has 0 unspecified atom stereocenters. The molecule has 120 valence electrons. The van der Waals surface area contributed by atoms with Gasteiger partial charge in [-0.25, -0.2) is 8.42 Å². The number of nitro benzene ring substituents is 1. The Morgan fingerprint density at radius 1 is 1.22 bits per heavy atom. The van der Waals surface area contributed by atoms with Gasteiger partial charge in [0.05, 0.1) is 22.9 Å². The maximum absolute atomic E-state index is 12.5. The molecule has 9 nitrogen and oxygen atoms in total. The van der Waals surface area contributed by atoms with E-state index >= 15 is 0 Å². The van der Waals surface area contributed by atoms with E-state index in [-0.39, 0.29) is 30.4 Å².